The normalized spacial score (nSPS) is 19.7. The molecule has 0 saturated carbocycles. The molecule has 1 aliphatic rings. The highest BCUT2D eigenvalue weighted by molar-refractivity contribution is 7.99. The van der Waals surface area contributed by atoms with E-state index in [1.807, 2.05) is 0 Å². The highest BCUT2D eigenvalue weighted by Crippen LogP contribution is 2.29. The highest BCUT2D eigenvalue weighted by atomic mass is 32.2. The van der Waals surface area contributed by atoms with Gasteiger partial charge < -0.3 is 14.8 Å². The number of carboxylic acid groups (broad SMARTS) is 1. The molecule has 132 valence electrons. The van der Waals surface area contributed by atoms with Crippen LogP contribution in [-0.4, -0.2) is 34.0 Å². The van der Waals surface area contributed by atoms with Crippen molar-refractivity contribution >= 4 is 23.6 Å². The Kier molecular flexibility index (Phi) is 5.13. The minimum atomic E-state index is -1.16. The molecule has 25 heavy (non-hydrogen) atoms. The van der Waals surface area contributed by atoms with E-state index >= 15 is 0 Å². The summed E-state index contributed by atoms with van der Waals surface area (Å²) in [5.41, 5.74) is -0.797. The van der Waals surface area contributed by atoms with Crippen LogP contribution >= 0.6 is 11.8 Å². The first-order chi connectivity index (χ1) is 12.0. The Morgan fingerprint density at radius 3 is 2.76 bits per heavy atom. The van der Waals surface area contributed by atoms with Gasteiger partial charge in [-0.25, -0.2) is 9.18 Å². The Morgan fingerprint density at radius 2 is 2.08 bits per heavy atom. The maximum absolute atomic E-state index is 13.8. The number of rotatable bonds is 6. The summed E-state index contributed by atoms with van der Waals surface area (Å²) >= 11 is 1.52. The second-order valence-electron chi connectivity index (χ2n) is 5.98. The zero-order chi connectivity index (χ0) is 17.9. The molecule has 0 bridgehead atoms. The molecule has 7 heteroatoms. The molecule has 0 spiro atoms. The number of amides is 1. The van der Waals surface area contributed by atoms with Gasteiger partial charge in [-0.15, -0.1) is 0 Å². The van der Waals surface area contributed by atoms with Gasteiger partial charge in [0.15, 0.2) is 0 Å². The molecule has 5 nitrogen and oxygen atoms in total. The first-order valence-corrected chi connectivity index (χ1v) is 9.11. The summed E-state index contributed by atoms with van der Waals surface area (Å²) < 4.78 is 19.4. The number of halogens is 1. The van der Waals surface area contributed by atoms with Gasteiger partial charge in [0.25, 0.3) is 0 Å². The third kappa shape index (κ3) is 3.87. The average Bonchev–Trinajstić information content (AvgIpc) is 3.23. The van der Waals surface area contributed by atoms with Crippen molar-refractivity contribution in [1.82, 2.24) is 5.32 Å². The van der Waals surface area contributed by atoms with Gasteiger partial charge in [0.2, 0.25) is 5.91 Å². The number of carbonyl (C=O) groups is 2. The van der Waals surface area contributed by atoms with E-state index in [-0.39, 0.29) is 18.1 Å². The number of hydrogen-bond acceptors (Lipinski definition) is 4. The van der Waals surface area contributed by atoms with Gasteiger partial charge in [-0.2, -0.15) is 11.8 Å². The lowest BCUT2D eigenvalue weighted by Crippen LogP contribution is -2.54. The van der Waals surface area contributed by atoms with Crippen molar-refractivity contribution < 1.29 is 23.5 Å². The van der Waals surface area contributed by atoms with Crippen molar-refractivity contribution in [3.05, 3.63) is 48.0 Å². The summed E-state index contributed by atoms with van der Waals surface area (Å²) in [6, 6.07) is 9.67. The van der Waals surface area contributed by atoms with Gasteiger partial charge in [0.1, 0.15) is 22.9 Å². The number of thioether (sulfide) groups is 1. The molecule has 2 aromatic rings. The maximum Gasteiger partial charge on any atom is 0.330 e. The van der Waals surface area contributed by atoms with Gasteiger partial charge in [-0.05, 0) is 36.4 Å². The van der Waals surface area contributed by atoms with Crippen LogP contribution in [0.2, 0.25) is 0 Å². The summed E-state index contributed by atoms with van der Waals surface area (Å²) in [5.74, 6) is 0.368. The highest BCUT2D eigenvalue weighted by Gasteiger charge is 2.43. The van der Waals surface area contributed by atoms with Crippen LogP contribution in [0.5, 0.6) is 0 Å². The molecule has 1 saturated heterocycles. The molecule has 2 N–H and O–H groups in total. The van der Waals surface area contributed by atoms with Crippen molar-refractivity contribution in [3.8, 4) is 11.3 Å². The Balaban J connectivity index is 1.60. The lowest BCUT2D eigenvalue weighted by atomic mass is 9.99. The Morgan fingerprint density at radius 1 is 1.28 bits per heavy atom. The Hall–Kier alpha value is -2.28. The van der Waals surface area contributed by atoms with E-state index < -0.39 is 11.5 Å². The van der Waals surface area contributed by atoms with E-state index in [9.17, 15) is 19.1 Å². The predicted octanol–water partition coefficient (Wildman–Crippen LogP) is 3.09. The number of benzene rings is 1. The third-order valence-electron chi connectivity index (χ3n) is 4.21. The number of carboxylic acids is 1. The topological polar surface area (TPSA) is 79.5 Å². The molecule has 1 unspecified atom stereocenters. The molecule has 1 aromatic carbocycles. The smallest absolute Gasteiger partial charge is 0.330 e. The van der Waals surface area contributed by atoms with E-state index in [4.69, 9.17) is 4.42 Å². The van der Waals surface area contributed by atoms with Crippen LogP contribution in [0.4, 0.5) is 4.39 Å². The fourth-order valence-electron chi connectivity index (χ4n) is 2.77. The van der Waals surface area contributed by atoms with Gasteiger partial charge in [0.05, 0.1) is 5.56 Å². The summed E-state index contributed by atoms with van der Waals surface area (Å²) in [6.07, 6.45) is 0.865. The van der Waals surface area contributed by atoms with Crippen LogP contribution in [0.1, 0.15) is 18.6 Å². The number of carbonyl (C=O) groups excluding carboxylic acids is 1. The van der Waals surface area contributed by atoms with E-state index in [1.54, 1.807) is 30.3 Å². The maximum atomic E-state index is 13.8. The third-order valence-corrected chi connectivity index (χ3v) is 5.40. The molecule has 0 aliphatic carbocycles. The summed E-state index contributed by atoms with van der Waals surface area (Å²) in [7, 11) is 0. The fraction of sp³-hybridized carbons (Fsp3) is 0.333. The van der Waals surface area contributed by atoms with Gasteiger partial charge in [0, 0.05) is 18.6 Å². The monoisotopic (exact) mass is 363 g/mol. The van der Waals surface area contributed by atoms with Crippen LogP contribution in [0, 0.1) is 5.82 Å². The lowest BCUT2D eigenvalue weighted by molar-refractivity contribution is -0.146. The van der Waals surface area contributed by atoms with Crippen molar-refractivity contribution in [1.29, 1.82) is 0 Å². The van der Waals surface area contributed by atoms with Gasteiger partial charge >= 0.3 is 5.97 Å². The lowest BCUT2D eigenvalue weighted by Gasteiger charge is -2.24. The predicted molar refractivity (Wildman–Crippen MR) is 92.9 cm³/mol. The second kappa shape index (κ2) is 7.31. The molecule has 1 aliphatic heterocycles. The second-order valence-corrected chi connectivity index (χ2v) is 7.09. The number of aliphatic carboxylic acids is 1. The zero-order valence-corrected chi connectivity index (χ0v) is 14.3. The Labute approximate surface area is 148 Å². The first-order valence-electron chi connectivity index (χ1n) is 7.96. The van der Waals surface area contributed by atoms with Crippen LogP contribution in [0.3, 0.4) is 0 Å². The number of furan rings is 1. The molecule has 3 rings (SSSR count). The summed E-state index contributed by atoms with van der Waals surface area (Å²) in [6.45, 7) is 0. The average molecular weight is 363 g/mol. The van der Waals surface area contributed by atoms with Crippen molar-refractivity contribution in [2.45, 2.75) is 24.8 Å². The largest absolute Gasteiger partial charge is 0.479 e. The van der Waals surface area contributed by atoms with Gasteiger partial charge in [-0.1, -0.05) is 12.1 Å². The molecule has 2 heterocycles. The standard InChI is InChI=1S/C18H18FNO4S/c19-14-4-2-1-3-13(14)15-7-5-12(24-15)6-8-16(21)20-18(17(22)23)9-10-25-11-18/h1-5,7H,6,8-11H2,(H,20,21)(H,22,23). The molecular formula is C18H18FNO4S. The summed E-state index contributed by atoms with van der Waals surface area (Å²) in [4.78, 5) is 23.6. The number of aryl methyl sites for hydroxylation is 1. The number of nitrogens with one attached hydrogen (secondary N) is 1. The summed E-state index contributed by atoms with van der Waals surface area (Å²) in [5, 5.41) is 12.0. The minimum Gasteiger partial charge on any atom is -0.479 e. The molecule has 1 fully saturated rings. The molecule has 1 atom stereocenters. The van der Waals surface area contributed by atoms with Crippen molar-refractivity contribution in [2.75, 3.05) is 11.5 Å². The van der Waals surface area contributed by atoms with E-state index in [2.05, 4.69) is 5.32 Å². The zero-order valence-electron chi connectivity index (χ0n) is 13.5. The fourth-order valence-corrected chi connectivity index (χ4v) is 4.10. The van der Waals surface area contributed by atoms with Crippen LogP contribution in [0.25, 0.3) is 11.3 Å². The van der Waals surface area contributed by atoms with E-state index in [0.29, 0.717) is 35.7 Å². The molecule has 0 radical (unpaired) electrons. The quantitative estimate of drug-likeness (QED) is 0.824. The molecule has 1 amide bonds. The Bertz CT molecular complexity index is 783. The van der Waals surface area contributed by atoms with Crippen LogP contribution in [0.15, 0.2) is 40.8 Å². The van der Waals surface area contributed by atoms with Crippen LogP contribution in [-0.2, 0) is 16.0 Å². The molecular weight excluding hydrogens is 345 g/mol. The van der Waals surface area contributed by atoms with Gasteiger partial charge in [-0.3, -0.25) is 4.79 Å². The molecule has 1 aromatic heterocycles. The van der Waals surface area contributed by atoms with Crippen molar-refractivity contribution in [2.24, 2.45) is 0 Å². The van der Waals surface area contributed by atoms with E-state index in [0.717, 1.165) is 5.75 Å². The van der Waals surface area contributed by atoms with E-state index in [1.165, 1.54) is 17.8 Å². The van der Waals surface area contributed by atoms with Crippen molar-refractivity contribution in [3.63, 3.8) is 0 Å². The SMILES string of the molecule is O=C(CCc1ccc(-c2ccccc2F)o1)NC1(C(=O)O)CCSC1. The minimum absolute atomic E-state index is 0.115. The first kappa shape index (κ1) is 17.5. The number of hydrogen-bond donors (Lipinski definition) is 2. The van der Waals surface area contributed by atoms with Crippen LogP contribution < -0.4 is 5.32 Å².